The number of rotatable bonds is 1. The number of aliphatic hydroxyl groups excluding tert-OH is 1. The van der Waals surface area contributed by atoms with E-state index < -0.39 is 11.5 Å². The van der Waals surface area contributed by atoms with E-state index in [-0.39, 0.29) is 18.1 Å². The van der Waals surface area contributed by atoms with E-state index in [0.717, 1.165) is 29.7 Å². The summed E-state index contributed by atoms with van der Waals surface area (Å²) >= 11 is 1.53. The number of nitrogens with two attached hydrogens (primary N) is 1. The maximum absolute atomic E-state index is 14.2. The molecular weight excluding hydrogens is 365 g/mol. The summed E-state index contributed by atoms with van der Waals surface area (Å²) in [5.41, 5.74) is 7.64. The Morgan fingerprint density at radius 2 is 2.19 bits per heavy atom. The van der Waals surface area contributed by atoms with E-state index in [2.05, 4.69) is 4.98 Å². The second kappa shape index (κ2) is 6.21. The second-order valence-corrected chi connectivity index (χ2v) is 8.44. The van der Waals surface area contributed by atoms with Crippen molar-refractivity contribution in [2.45, 2.75) is 37.0 Å². The molecule has 1 aliphatic carbocycles. The lowest BCUT2D eigenvalue weighted by atomic mass is 9.68. The van der Waals surface area contributed by atoms with Crippen LogP contribution in [0.25, 0.3) is 11.1 Å². The van der Waals surface area contributed by atoms with Gasteiger partial charge in [0.1, 0.15) is 17.4 Å². The van der Waals surface area contributed by atoms with Crippen molar-refractivity contribution in [3.05, 3.63) is 48.0 Å². The average molecular weight is 385 g/mol. The summed E-state index contributed by atoms with van der Waals surface area (Å²) in [6, 6.07) is 9.15. The fourth-order valence-corrected chi connectivity index (χ4v) is 5.67. The average Bonchev–Trinajstić information content (AvgIpc) is 3.06. The monoisotopic (exact) mass is 385 g/mol. The smallest absolute Gasteiger partial charge is 0.220 e. The zero-order valence-electron chi connectivity index (χ0n) is 14.6. The molecule has 3 aliphatic rings. The maximum atomic E-state index is 14.2. The highest BCUT2D eigenvalue weighted by molar-refractivity contribution is 8.14. The zero-order valence-corrected chi connectivity index (χ0v) is 15.5. The van der Waals surface area contributed by atoms with Gasteiger partial charge in [-0.2, -0.15) is 4.39 Å². The Morgan fingerprint density at radius 3 is 2.96 bits per heavy atom. The third-order valence-electron chi connectivity index (χ3n) is 5.92. The number of halogens is 1. The van der Waals surface area contributed by atoms with Crippen molar-refractivity contribution in [2.75, 3.05) is 5.75 Å². The fraction of sp³-hybridized carbons (Fsp3) is 0.400. The normalized spacial score (nSPS) is 31.8. The minimum Gasteiger partial charge on any atom is -0.490 e. The van der Waals surface area contributed by atoms with Gasteiger partial charge in [-0.15, -0.1) is 0 Å². The molecular formula is C20H20FN3O2S. The Labute approximate surface area is 160 Å². The molecule has 0 radical (unpaired) electrons. The number of benzene rings is 1. The first-order chi connectivity index (χ1) is 13.1. The van der Waals surface area contributed by atoms with Crippen LogP contribution in [-0.4, -0.2) is 33.2 Å². The molecule has 5 nitrogen and oxygen atoms in total. The number of amidine groups is 1. The van der Waals surface area contributed by atoms with Gasteiger partial charge in [-0.3, -0.25) is 0 Å². The number of hydrogen-bond donors (Lipinski definition) is 2. The van der Waals surface area contributed by atoms with Crippen LogP contribution in [0.15, 0.2) is 41.5 Å². The van der Waals surface area contributed by atoms with Crippen LogP contribution in [0, 0.1) is 11.9 Å². The van der Waals surface area contributed by atoms with Crippen molar-refractivity contribution in [3.63, 3.8) is 0 Å². The van der Waals surface area contributed by atoms with Crippen LogP contribution in [-0.2, 0) is 5.54 Å². The quantitative estimate of drug-likeness (QED) is 0.738. The first kappa shape index (κ1) is 17.0. The van der Waals surface area contributed by atoms with Crippen molar-refractivity contribution in [1.82, 2.24) is 4.98 Å². The van der Waals surface area contributed by atoms with Gasteiger partial charge in [0.15, 0.2) is 5.17 Å². The predicted molar refractivity (Wildman–Crippen MR) is 103 cm³/mol. The lowest BCUT2D eigenvalue weighted by Gasteiger charge is -2.48. The SMILES string of the molecule is NC1=N[C@@]2(CS1)c1cc(-c3cccnc3F)ccc1OC1CC[C@H](O)C[C@@H]12. The maximum Gasteiger partial charge on any atom is 0.220 e. The van der Waals surface area contributed by atoms with E-state index in [4.69, 9.17) is 15.5 Å². The van der Waals surface area contributed by atoms with Crippen LogP contribution < -0.4 is 10.5 Å². The van der Waals surface area contributed by atoms with Crippen molar-refractivity contribution in [1.29, 1.82) is 0 Å². The minimum absolute atomic E-state index is 0.0112. The van der Waals surface area contributed by atoms with Crippen LogP contribution in [0.2, 0.25) is 0 Å². The molecule has 1 spiro atoms. The number of aromatic nitrogens is 1. The number of aliphatic imine (C=N–C) groups is 1. The van der Waals surface area contributed by atoms with Crippen LogP contribution in [0.3, 0.4) is 0 Å². The molecule has 2 aromatic rings. The first-order valence-corrected chi connectivity index (χ1v) is 10.1. The molecule has 1 aromatic carbocycles. The third kappa shape index (κ3) is 2.63. The Morgan fingerprint density at radius 1 is 1.30 bits per heavy atom. The van der Waals surface area contributed by atoms with Gasteiger partial charge in [-0.1, -0.05) is 17.8 Å². The van der Waals surface area contributed by atoms with Gasteiger partial charge in [0.25, 0.3) is 0 Å². The Kier molecular flexibility index (Phi) is 3.91. The third-order valence-corrected chi connectivity index (χ3v) is 6.89. The highest BCUT2D eigenvalue weighted by Crippen LogP contribution is 2.54. The number of hydrogen-bond acceptors (Lipinski definition) is 6. The molecule has 5 rings (SSSR count). The molecule has 3 N–H and O–H groups in total. The lowest BCUT2D eigenvalue weighted by Crippen LogP contribution is -2.51. The number of thioether (sulfide) groups is 1. The van der Waals surface area contributed by atoms with E-state index >= 15 is 0 Å². The first-order valence-electron chi connectivity index (χ1n) is 9.15. The molecule has 0 amide bonds. The molecule has 2 aliphatic heterocycles. The summed E-state index contributed by atoms with van der Waals surface area (Å²) in [7, 11) is 0. The summed E-state index contributed by atoms with van der Waals surface area (Å²) in [6.07, 6.45) is 3.26. The van der Waals surface area contributed by atoms with Crippen LogP contribution in [0.1, 0.15) is 24.8 Å². The molecule has 140 valence electrons. The van der Waals surface area contributed by atoms with Gasteiger partial charge in [0, 0.05) is 29.0 Å². The molecule has 4 atom stereocenters. The van der Waals surface area contributed by atoms with Crippen LogP contribution in [0.5, 0.6) is 5.75 Å². The summed E-state index contributed by atoms with van der Waals surface area (Å²) in [5.74, 6) is 1.04. The minimum atomic E-state index is -0.539. The summed E-state index contributed by atoms with van der Waals surface area (Å²) in [6.45, 7) is 0. The molecule has 0 saturated heterocycles. The van der Waals surface area contributed by atoms with Gasteiger partial charge in [-0.05, 0) is 49.1 Å². The largest absolute Gasteiger partial charge is 0.490 e. The molecule has 3 heterocycles. The molecule has 1 fully saturated rings. The summed E-state index contributed by atoms with van der Waals surface area (Å²) in [4.78, 5) is 8.62. The van der Waals surface area contributed by atoms with E-state index in [1.165, 1.54) is 18.0 Å². The highest BCUT2D eigenvalue weighted by Gasteiger charge is 2.54. The molecule has 1 aromatic heterocycles. The lowest BCUT2D eigenvalue weighted by molar-refractivity contribution is -0.0236. The van der Waals surface area contributed by atoms with Gasteiger partial charge in [0.05, 0.1) is 6.10 Å². The van der Waals surface area contributed by atoms with Crippen molar-refractivity contribution < 1.29 is 14.2 Å². The summed E-state index contributed by atoms with van der Waals surface area (Å²) < 4.78 is 20.5. The van der Waals surface area contributed by atoms with Crippen LogP contribution >= 0.6 is 11.8 Å². The van der Waals surface area contributed by atoms with E-state index in [1.807, 2.05) is 18.2 Å². The number of pyridine rings is 1. The van der Waals surface area contributed by atoms with E-state index in [1.54, 1.807) is 12.1 Å². The predicted octanol–water partition coefficient (Wildman–Crippen LogP) is 3.07. The summed E-state index contributed by atoms with van der Waals surface area (Å²) in [5, 5.41) is 10.8. The van der Waals surface area contributed by atoms with Gasteiger partial charge in [0.2, 0.25) is 5.95 Å². The number of nitrogens with zero attached hydrogens (tertiary/aromatic N) is 2. The molecule has 0 bridgehead atoms. The highest BCUT2D eigenvalue weighted by atomic mass is 32.2. The number of ether oxygens (including phenoxy) is 1. The second-order valence-electron chi connectivity index (χ2n) is 7.45. The molecule has 27 heavy (non-hydrogen) atoms. The molecule has 7 heteroatoms. The Hall–Kier alpha value is -2.12. The molecule has 1 saturated carbocycles. The Balaban J connectivity index is 1.68. The van der Waals surface area contributed by atoms with Crippen molar-refractivity contribution in [3.8, 4) is 16.9 Å². The van der Waals surface area contributed by atoms with Crippen molar-refractivity contribution in [2.24, 2.45) is 16.6 Å². The van der Waals surface area contributed by atoms with Crippen LogP contribution in [0.4, 0.5) is 4.39 Å². The standard InChI is InChI=1S/C20H20FN3O2S/c21-18-13(2-1-7-23-18)11-3-5-16-14(8-11)20(10-27-19(22)24-20)15-9-12(25)4-6-17(15)26-16/h1-3,5,7-8,12,15,17,25H,4,6,9-10H2,(H2,22,24)/t12-,15-,17?,20-/m0/s1. The number of aliphatic hydroxyl groups is 1. The number of fused-ring (bicyclic) bond motifs is 4. The van der Waals surface area contributed by atoms with E-state index in [9.17, 15) is 9.50 Å². The zero-order chi connectivity index (χ0) is 18.6. The van der Waals surface area contributed by atoms with Gasteiger partial charge >= 0.3 is 0 Å². The molecule has 1 unspecified atom stereocenters. The fourth-order valence-electron chi connectivity index (χ4n) is 4.64. The van der Waals surface area contributed by atoms with Crippen molar-refractivity contribution >= 4 is 16.9 Å². The van der Waals surface area contributed by atoms with E-state index in [0.29, 0.717) is 22.9 Å². The van der Waals surface area contributed by atoms with Gasteiger partial charge in [-0.25, -0.2) is 9.98 Å². The Bertz CT molecular complexity index is 937. The topological polar surface area (TPSA) is 80.7 Å². The van der Waals surface area contributed by atoms with Gasteiger partial charge < -0.3 is 15.6 Å².